The Balaban J connectivity index is 1.56. The molecule has 0 bridgehead atoms. The van der Waals surface area contributed by atoms with Crippen molar-refractivity contribution in [2.45, 2.75) is 44.9 Å². The number of aromatic nitrogens is 2. The Morgan fingerprint density at radius 3 is 2.59 bits per heavy atom. The minimum absolute atomic E-state index is 0.0498. The molecule has 2 aromatic carbocycles. The Labute approximate surface area is 187 Å². The monoisotopic (exact) mass is 432 g/mol. The molecular weight excluding hydrogens is 404 g/mol. The van der Waals surface area contributed by atoms with Crippen LogP contribution in [0.15, 0.2) is 54.6 Å². The fourth-order valence-electron chi connectivity index (χ4n) is 3.79. The summed E-state index contributed by atoms with van der Waals surface area (Å²) in [7, 11) is 0. The zero-order chi connectivity index (χ0) is 22.5. The highest BCUT2D eigenvalue weighted by Gasteiger charge is 2.27. The molecule has 1 aromatic heterocycles. The van der Waals surface area contributed by atoms with Gasteiger partial charge in [-0.05, 0) is 49.1 Å². The van der Waals surface area contributed by atoms with Gasteiger partial charge in [-0.3, -0.25) is 4.79 Å². The molecule has 1 saturated carbocycles. The highest BCUT2D eigenvalue weighted by molar-refractivity contribution is 5.91. The Morgan fingerprint density at radius 2 is 1.91 bits per heavy atom. The smallest absolute Gasteiger partial charge is 0.342 e. The fourth-order valence-corrected chi connectivity index (χ4v) is 3.79. The maximum atomic E-state index is 13.0. The van der Waals surface area contributed by atoms with Crippen LogP contribution in [-0.2, 0) is 11.2 Å². The highest BCUT2D eigenvalue weighted by Crippen LogP contribution is 2.39. The van der Waals surface area contributed by atoms with Crippen molar-refractivity contribution in [1.29, 1.82) is 0 Å². The van der Waals surface area contributed by atoms with Gasteiger partial charge in [0.15, 0.2) is 0 Å². The van der Waals surface area contributed by atoms with Crippen LogP contribution in [0.25, 0.3) is 11.3 Å². The molecule has 1 fully saturated rings. The summed E-state index contributed by atoms with van der Waals surface area (Å²) in [6.07, 6.45) is 4.26. The number of hydrogen-bond acceptors (Lipinski definition) is 4. The number of benzene rings is 2. The van der Waals surface area contributed by atoms with Crippen molar-refractivity contribution in [3.8, 4) is 17.0 Å². The molecular formula is C25H28N4O3. The lowest BCUT2D eigenvalue weighted by Gasteiger charge is -2.25. The number of nitrogens with one attached hydrogen (secondary N) is 2. The summed E-state index contributed by atoms with van der Waals surface area (Å²) in [5.74, 6) is 0.218. The summed E-state index contributed by atoms with van der Waals surface area (Å²) in [6, 6.07) is 16.5. The second kappa shape index (κ2) is 9.68. The summed E-state index contributed by atoms with van der Waals surface area (Å²) in [4.78, 5) is 24.7. The largest absolute Gasteiger partial charge is 0.507 e. The van der Waals surface area contributed by atoms with E-state index < -0.39 is 0 Å². The number of carbonyl (C=O) groups is 2. The molecule has 7 nitrogen and oxygen atoms in total. The summed E-state index contributed by atoms with van der Waals surface area (Å²) in [5, 5.41) is 20.7. The van der Waals surface area contributed by atoms with E-state index in [1.165, 1.54) is 10.7 Å². The number of nitrogens with zero attached hydrogens (tertiary/aromatic N) is 2. The number of anilines is 1. The van der Waals surface area contributed by atoms with Gasteiger partial charge in [0.25, 0.3) is 0 Å². The molecule has 0 spiro atoms. The number of hydrogen-bond donors (Lipinski definition) is 3. The van der Waals surface area contributed by atoms with Crippen LogP contribution in [0, 0.1) is 0 Å². The van der Waals surface area contributed by atoms with Crippen LogP contribution in [0.4, 0.5) is 10.5 Å². The molecule has 1 aliphatic carbocycles. The molecule has 7 heteroatoms. The Kier molecular flexibility index (Phi) is 6.54. The molecule has 32 heavy (non-hydrogen) atoms. The van der Waals surface area contributed by atoms with Crippen LogP contribution in [0.3, 0.4) is 0 Å². The van der Waals surface area contributed by atoms with E-state index in [0.29, 0.717) is 29.9 Å². The molecule has 0 radical (unpaired) electrons. The van der Waals surface area contributed by atoms with Crippen LogP contribution in [0.2, 0.25) is 0 Å². The van der Waals surface area contributed by atoms with Crippen molar-refractivity contribution < 1.29 is 14.7 Å². The summed E-state index contributed by atoms with van der Waals surface area (Å²) >= 11 is 0. The molecule has 1 aliphatic rings. The standard InChI is InChI=1S/C25H28N4O3/c1-2-24(31)27-19-11-12-23(30)20(15-19)21-16-22(18-9-6-10-18)29(28-21)25(32)26-14-13-17-7-4-3-5-8-17/h3-5,7-8,11-12,15-16,18,30H,2,6,9-10,13-14H2,1H3,(H,26,32)(H,27,31). The lowest BCUT2D eigenvalue weighted by atomic mass is 9.82. The lowest BCUT2D eigenvalue weighted by Crippen LogP contribution is -2.33. The molecule has 3 N–H and O–H groups in total. The van der Waals surface area contributed by atoms with Gasteiger partial charge in [-0.25, -0.2) is 4.79 Å². The first kappa shape index (κ1) is 21.6. The van der Waals surface area contributed by atoms with Gasteiger partial charge >= 0.3 is 6.03 Å². The van der Waals surface area contributed by atoms with E-state index in [2.05, 4.69) is 15.7 Å². The highest BCUT2D eigenvalue weighted by atomic mass is 16.3. The van der Waals surface area contributed by atoms with E-state index in [1.807, 2.05) is 36.4 Å². The predicted molar refractivity (Wildman–Crippen MR) is 124 cm³/mol. The van der Waals surface area contributed by atoms with Crippen molar-refractivity contribution in [2.75, 3.05) is 11.9 Å². The van der Waals surface area contributed by atoms with Crippen molar-refractivity contribution >= 4 is 17.6 Å². The maximum absolute atomic E-state index is 13.0. The Hall–Kier alpha value is -3.61. The van der Waals surface area contributed by atoms with Crippen LogP contribution in [0.5, 0.6) is 5.75 Å². The quantitative estimate of drug-likeness (QED) is 0.473. The minimum Gasteiger partial charge on any atom is -0.507 e. The topological polar surface area (TPSA) is 96.2 Å². The van der Waals surface area contributed by atoms with Crippen LogP contribution >= 0.6 is 0 Å². The van der Waals surface area contributed by atoms with Gasteiger partial charge in [0.2, 0.25) is 5.91 Å². The van der Waals surface area contributed by atoms with Crippen LogP contribution in [-0.4, -0.2) is 33.4 Å². The number of phenolic OH excluding ortho intramolecular Hbond substituents is 1. The van der Waals surface area contributed by atoms with Crippen molar-refractivity contribution in [2.24, 2.45) is 0 Å². The third-order valence-corrected chi connectivity index (χ3v) is 5.86. The number of phenols is 1. The third-order valence-electron chi connectivity index (χ3n) is 5.86. The van der Waals surface area contributed by atoms with Crippen LogP contribution in [0.1, 0.15) is 49.8 Å². The number of rotatable bonds is 7. The van der Waals surface area contributed by atoms with Gasteiger partial charge in [-0.2, -0.15) is 9.78 Å². The first-order valence-corrected chi connectivity index (χ1v) is 11.1. The Morgan fingerprint density at radius 1 is 1.12 bits per heavy atom. The zero-order valence-electron chi connectivity index (χ0n) is 18.2. The van der Waals surface area contributed by atoms with Crippen molar-refractivity contribution in [3.63, 3.8) is 0 Å². The molecule has 0 unspecified atom stereocenters. The van der Waals surface area contributed by atoms with E-state index in [9.17, 15) is 14.7 Å². The van der Waals surface area contributed by atoms with E-state index in [1.54, 1.807) is 19.1 Å². The first-order chi connectivity index (χ1) is 15.5. The van der Waals surface area contributed by atoms with E-state index >= 15 is 0 Å². The van der Waals surface area contributed by atoms with Crippen molar-refractivity contribution in [1.82, 2.24) is 15.1 Å². The summed E-state index contributed by atoms with van der Waals surface area (Å²) < 4.78 is 1.43. The first-order valence-electron chi connectivity index (χ1n) is 11.1. The molecule has 0 saturated heterocycles. The second-order valence-corrected chi connectivity index (χ2v) is 8.10. The van der Waals surface area contributed by atoms with Gasteiger partial charge in [-0.1, -0.05) is 43.7 Å². The molecule has 4 rings (SSSR count). The molecule has 0 aliphatic heterocycles. The fraction of sp³-hybridized carbons (Fsp3) is 0.320. The average Bonchev–Trinajstić information content (AvgIpc) is 3.19. The molecule has 3 aromatic rings. The zero-order valence-corrected chi connectivity index (χ0v) is 18.2. The van der Waals surface area contributed by atoms with Crippen LogP contribution < -0.4 is 10.6 Å². The summed E-state index contributed by atoms with van der Waals surface area (Å²) in [6.45, 7) is 2.28. The normalized spacial score (nSPS) is 13.4. The Bertz CT molecular complexity index is 1100. The number of amides is 2. The maximum Gasteiger partial charge on any atom is 0.342 e. The van der Waals surface area contributed by atoms with Gasteiger partial charge in [-0.15, -0.1) is 0 Å². The lowest BCUT2D eigenvalue weighted by molar-refractivity contribution is -0.115. The predicted octanol–water partition coefficient (Wildman–Crippen LogP) is 4.67. The average molecular weight is 433 g/mol. The molecule has 1 heterocycles. The van der Waals surface area contributed by atoms with Gasteiger partial charge < -0.3 is 15.7 Å². The van der Waals surface area contributed by atoms with Gasteiger partial charge in [0, 0.05) is 30.1 Å². The van der Waals surface area contributed by atoms with Crippen molar-refractivity contribution in [3.05, 3.63) is 65.9 Å². The molecule has 166 valence electrons. The second-order valence-electron chi connectivity index (χ2n) is 8.10. The van der Waals surface area contributed by atoms with E-state index in [4.69, 9.17) is 0 Å². The third kappa shape index (κ3) is 4.82. The minimum atomic E-state index is -0.274. The van der Waals surface area contributed by atoms with Gasteiger partial charge in [0.05, 0.1) is 11.4 Å². The number of carbonyl (C=O) groups excluding carboxylic acids is 2. The molecule has 2 amide bonds. The van der Waals surface area contributed by atoms with E-state index in [0.717, 1.165) is 36.9 Å². The number of aromatic hydroxyl groups is 1. The SMILES string of the molecule is CCC(=O)Nc1ccc(O)c(-c2cc(C3CCC3)n(C(=O)NCCc3ccccc3)n2)c1. The molecule has 0 atom stereocenters. The summed E-state index contributed by atoms with van der Waals surface area (Å²) in [5.41, 5.74) is 3.58. The van der Waals surface area contributed by atoms with E-state index in [-0.39, 0.29) is 23.6 Å². The van der Waals surface area contributed by atoms with Gasteiger partial charge in [0.1, 0.15) is 5.75 Å².